The van der Waals surface area contributed by atoms with Gasteiger partial charge in [-0.15, -0.1) is 0 Å². The number of primary amides is 1. The lowest BCUT2D eigenvalue weighted by Crippen LogP contribution is -2.46. The Labute approximate surface area is 138 Å². The summed E-state index contributed by atoms with van der Waals surface area (Å²) in [4.78, 5) is 10.7. The van der Waals surface area contributed by atoms with Crippen LogP contribution in [0, 0.1) is 0 Å². The fourth-order valence-electron chi connectivity index (χ4n) is 3.05. The van der Waals surface area contributed by atoms with Crippen LogP contribution in [0.5, 0.6) is 0 Å². The van der Waals surface area contributed by atoms with Crippen molar-refractivity contribution in [1.82, 2.24) is 0 Å². The third-order valence-corrected chi connectivity index (χ3v) is 4.19. The van der Waals surface area contributed by atoms with Gasteiger partial charge >= 0.3 is 6.09 Å². The lowest BCUT2D eigenvalue weighted by Gasteiger charge is -2.32. The van der Waals surface area contributed by atoms with Crippen LogP contribution in [0.15, 0.2) is 0 Å². The molecule has 0 aromatic carbocycles. The first-order valence-electron chi connectivity index (χ1n) is 9.15. The number of unbranched alkanes of at least 4 members (excludes halogenated alkanes) is 9. The highest BCUT2D eigenvalue weighted by molar-refractivity contribution is 5.64. The lowest BCUT2D eigenvalue weighted by atomic mass is 10.1. The van der Waals surface area contributed by atoms with E-state index in [9.17, 15) is 4.79 Å². The Morgan fingerprint density at radius 1 is 0.955 bits per heavy atom. The molecule has 0 aliphatic heterocycles. The van der Waals surface area contributed by atoms with E-state index in [1.807, 2.05) is 6.92 Å². The van der Waals surface area contributed by atoms with Crippen molar-refractivity contribution in [3.8, 4) is 0 Å². The Morgan fingerprint density at radius 2 is 1.41 bits per heavy atom. The molecule has 0 spiro atoms. The van der Waals surface area contributed by atoms with E-state index in [-0.39, 0.29) is 6.10 Å². The Balaban J connectivity index is 3.50. The third-order valence-electron chi connectivity index (χ3n) is 4.19. The van der Waals surface area contributed by atoms with Crippen LogP contribution in [-0.2, 0) is 4.74 Å². The van der Waals surface area contributed by atoms with Crippen LogP contribution in [-0.4, -0.2) is 43.9 Å². The number of hydrogen-bond acceptors (Lipinski definition) is 2. The number of likely N-dealkylation sites (N-methyl/N-ethyl adjacent to an activating group) is 1. The number of amides is 1. The van der Waals surface area contributed by atoms with Crippen LogP contribution in [0.25, 0.3) is 0 Å². The zero-order valence-corrected chi connectivity index (χ0v) is 15.4. The van der Waals surface area contributed by atoms with Gasteiger partial charge in [0, 0.05) is 0 Å². The number of carbonyl (C=O) groups excluding carboxylic acids is 1. The Kier molecular flexibility index (Phi) is 12.3. The van der Waals surface area contributed by atoms with Crippen molar-refractivity contribution >= 4 is 6.09 Å². The second-order valence-electron chi connectivity index (χ2n) is 7.27. The van der Waals surface area contributed by atoms with Crippen molar-refractivity contribution in [3.05, 3.63) is 0 Å². The molecule has 1 atom stereocenters. The molecule has 0 saturated carbocycles. The molecule has 0 rings (SSSR count). The summed E-state index contributed by atoms with van der Waals surface area (Å²) in [6, 6.07) is 0. The van der Waals surface area contributed by atoms with Gasteiger partial charge in [-0.2, -0.15) is 0 Å². The highest BCUT2D eigenvalue weighted by Gasteiger charge is 2.20. The summed E-state index contributed by atoms with van der Waals surface area (Å²) >= 11 is 0. The smallest absolute Gasteiger partial charge is 0.404 e. The normalized spacial score (nSPS) is 13.1. The molecule has 0 bridgehead atoms. The predicted molar refractivity (Wildman–Crippen MR) is 93.8 cm³/mol. The number of nitrogens with zero attached hydrogens (tertiary/aromatic N) is 1. The average Bonchev–Trinajstić information content (AvgIpc) is 2.39. The summed E-state index contributed by atoms with van der Waals surface area (Å²) in [5, 5.41) is 0. The maximum absolute atomic E-state index is 10.7. The van der Waals surface area contributed by atoms with Crippen molar-refractivity contribution in [1.29, 1.82) is 0 Å². The standard InChI is InChI=1S/C18H38N2O2/c1-5-6-7-8-9-10-11-12-13-14-15-20(3,4)16-17(2)22-18(19)21/h17H,5-16H2,1-4H3,(H-,19,21)/p+1. The van der Waals surface area contributed by atoms with Crippen molar-refractivity contribution in [3.63, 3.8) is 0 Å². The van der Waals surface area contributed by atoms with E-state index in [1.165, 1.54) is 64.2 Å². The van der Waals surface area contributed by atoms with Crippen LogP contribution >= 0.6 is 0 Å². The van der Waals surface area contributed by atoms with Gasteiger partial charge in [-0.25, -0.2) is 4.79 Å². The van der Waals surface area contributed by atoms with Gasteiger partial charge in [-0.3, -0.25) is 0 Å². The summed E-state index contributed by atoms with van der Waals surface area (Å²) in [5.41, 5.74) is 5.05. The van der Waals surface area contributed by atoms with Crippen LogP contribution < -0.4 is 5.73 Å². The molecule has 4 heteroatoms. The van der Waals surface area contributed by atoms with E-state index in [0.717, 1.165) is 17.6 Å². The first-order chi connectivity index (χ1) is 10.4. The average molecular weight is 316 g/mol. The van der Waals surface area contributed by atoms with Crippen LogP contribution in [0.4, 0.5) is 4.79 Å². The molecule has 22 heavy (non-hydrogen) atoms. The number of carbonyl (C=O) groups is 1. The zero-order valence-electron chi connectivity index (χ0n) is 15.4. The molecular formula is C18H39N2O2+. The SMILES string of the molecule is CCCCCCCCCCCC[N+](C)(C)CC(C)OC(N)=O. The van der Waals surface area contributed by atoms with Gasteiger partial charge in [0.25, 0.3) is 0 Å². The van der Waals surface area contributed by atoms with Gasteiger partial charge < -0.3 is 15.0 Å². The Hall–Kier alpha value is -0.770. The summed E-state index contributed by atoms with van der Waals surface area (Å²) in [7, 11) is 4.38. The molecule has 0 radical (unpaired) electrons. The second kappa shape index (κ2) is 12.7. The molecule has 0 aromatic rings. The van der Waals surface area contributed by atoms with Gasteiger partial charge in [0.1, 0.15) is 12.6 Å². The van der Waals surface area contributed by atoms with Crippen molar-refractivity contribution in [2.75, 3.05) is 27.2 Å². The first kappa shape index (κ1) is 21.2. The van der Waals surface area contributed by atoms with Crippen molar-refractivity contribution < 1.29 is 14.0 Å². The van der Waals surface area contributed by atoms with Crippen LogP contribution in [0.3, 0.4) is 0 Å². The van der Waals surface area contributed by atoms with Gasteiger partial charge in [-0.1, -0.05) is 58.3 Å². The minimum Gasteiger partial charge on any atom is -0.441 e. The number of hydrogen-bond donors (Lipinski definition) is 1. The summed E-state index contributed by atoms with van der Waals surface area (Å²) in [6.07, 6.45) is 12.8. The lowest BCUT2D eigenvalue weighted by molar-refractivity contribution is -0.893. The third kappa shape index (κ3) is 14.2. The highest BCUT2D eigenvalue weighted by Crippen LogP contribution is 2.12. The zero-order chi connectivity index (χ0) is 16.8. The molecule has 0 fully saturated rings. The van der Waals surface area contributed by atoms with E-state index >= 15 is 0 Å². The van der Waals surface area contributed by atoms with E-state index in [1.54, 1.807) is 0 Å². The quantitative estimate of drug-likeness (QED) is 0.380. The van der Waals surface area contributed by atoms with Gasteiger partial charge in [0.2, 0.25) is 0 Å². The molecule has 1 unspecified atom stereocenters. The number of quaternary nitrogens is 1. The molecule has 132 valence electrons. The fraction of sp³-hybridized carbons (Fsp3) is 0.944. The number of rotatable bonds is 14. The second-order valence-corrected chi connectivity index (χ2v) is 7.27. The minimum atomic E-state index is -0.675. The topological polar surface area (TPSA) is 52.3 Å². The van der Waals surface area contributed by atoms with E-state index in [0.29, 0.717) is 0 Å². The van der Waals surface area contributed by atoms with Gasteiger partial charge in [0.15, 0.2) is 0 Å². The summed E-state index contributed by atoms with van der Waals surface area (Å²) in [6.45, 7) is 6.12. The van der Waals surface area contributed by atoms with E-state index in [4.69, 9.17) is 10.5 Å². The molecule has 2 N–H and O–H groups in total. The van der Waals surface area contributed by atoms with Gasteiger partial charge in [-0.05, 0) is 19.8 Å². The van der Waals surface area contributed by atoms with Crippen molar-refractivity contribution in [2.24, 2.45) is 5.73 Å². The molecule has 0 aromatic heterocycles. The van der Waals surface area contributed by atoms with E-state index in [2.05, 4.69) is 21.0 Å². The molecule has 0 saturated heterocycles. The largest absolute Gasteiger partial charge is 0.441 e. The molecule has 0 heterocycles. The molecular weight excluding hydrogens is 276 g/mol. The molecule has 0 aliphatic carbocycles. The number of ether oxygens (including phenoxy) is 1. The number of nitrogens with two attached hydrogens (primary N) is 1. The van der Waals surface area contributed by atoms with E-state index < -0.39 is 6.09 Å². The first-order valence-corrected chi connectivity index (χ1v) is 9.15. The van der Waals surface area contributed by atoms with Crippen LogP contribution in [0.1, 0.15) is 78.1 Å². The molecule has 0 aliphatic rings. The predicted octanol–water partition coefficient (Wildman–Crippen LogP) is 4.47. The Bertz CT molecular complexity index is 280. The monoisotopic (exact) mass is 315 g/mol. The van der Waals surface area contributed by atoms with Gasteiger partial charge in [0.05, 0.1) is 20.6 Å². The maximum atomic E-state index is 10.7. The molecule has 1 amide bonds. The Morgan fingerprint density at radius 3 is 1.86 bits per heavy atom. The molecule has 4 nitrogen and oxygen atoms in total. The summed E-state index contributed by atoms with van der Waals surface area (Å²) < 4.78 is 5.89. The summed E-state index contributed by atoms with van der Waals surface area (Å²) in [5.74, 6) is 0. The fourth-order valence-corrected chi connectivity index (χ4v) is 3.05. The maximum Gasteiger partial charge on any atom is 0.404 e. The minimum absolute atomic E-state index is 0.115. The highest BCUT2D eigenvalue weighted by atomic mass is 16.6. The van der Waals surface area contributed by atoms with Crippen LogP contribution in [0.2, 0.25) is 0 Å². The van der Waals surface area contributed by atoms with Crippen molar-refractivity contribution in [2.45, 2.75) is 84.2 Å².